The quantitative estimate of drug-likeness (QED) is 0.0381. The van der Waals surface area contributed by atoms with E-state index in [4.69, 9.17) is 22.3 Å². The normalized spacial score (nSPS) is 18.6. The molecule has 4 heteroatoms. The molecule has 0 aromatic rings. The third-order valence-corrected chi connectivity index (χ3v) is 11.6. The van der Waals surface area contributed by atoms with E-state index in [0.717, 1.165) is 25.7 Å². The fraction of sp³-hybridized carbons (Fsp3) is 0.870. The molecule has 292 valence electrons. The minimum atomic E-state index is -1.09. The first-order chi connectivity index (χ1) is 24.4. The Balaban J connectivity index is 2.09. The summed E-state index contributed by atoms with van der Waals surface area (Å²) < 4.78 is 0. The van der Waals surface area contributed by atoms with Gasteiger partial charge in [0.05, 0.1) is 11.1 Å². The minimum Gasteiger partial charge on any atom is -0.315 e. The number of unbranched alkanes of at least 4 members (excludes halogenated alkanes) is 32. The highest BCUT2D eigenvalue weighted by molar-refractivity contribution is 6.06. The van der Waals surface area contributed by atoms with Gasteiger partial charge >= 0.3 is 0 Å². The number of nitrogens with one attached hydrogen (secondary N) is 2. The topological polar surface area (TPSA) is 99.7 Å². The van der Waals surface area contributed by atoms with Crippen molar-refractivity contribution in [3.8, 4) is 0 Å². The van der Waals surface area contributed by atoms with Gasteiger partial charge in [0.1, 0.15) is 0 Å². The monoisotopic (exact) mass is 697 g/mol. The van der Waals surface area contributed by atoms with Crippen LogP contribution in [-0.4, -0.2) is 22.5 Å². The summed E-state index contributed by atoms with van der Waals surface area (Å²) in [6.07, 6.45) is 54.8. The first kappa shape index (κ1) is 46.8. The maximum atomic E-state index is 8.94. The average Bonchev–Trinajstić information content (AvgIpc) is 3.12. The third kappa shape index (κ3) is 22.0. The number of hydrogen-bond acceptors (Lipinski definition) is 4. The van der Waals surface area contributed by atoms with Crippen molar-refractivity contribution < 1.29 is 0 Å². The largest absolute Gasteiger partial charge is 0.315 e. The van der Waals surface area contributed by atoms with E-state index in [1.54, 1.807) is 0 Å². The summed E-state index contributed by atoms with van der Waals surface area (Å²) >= 11 is 0. The molecule has 1 aliphatic carbocycles. The predicted octanol–water partition coefficient (Wildman–Crippen LogP) is 14.6. The van der Waals surface area contributed by atoms with Gasteiger partial charge in [-0.1, -0.05) is 244 Å². The van der Waals surface area contributed by atoms with Crippen molar-refractivity contribution in [2.45, 2.75) is 256 Å². The van der Waals surface area contributed by atoms with Crippen LogP contribution in [0.4, 0.5) is 0 Å². The highest BCUT2D eigenvalue weighted by Gasteiger charge is 2.49. The van der Waals surface area contributed by atoms with Gasteiger partial charge in [0, 0.05) is 11.4 Å². The standard InChI is InChI=1S/C46H88N4/c1-3-5-7-9-11-13-15-17-19-21-23-25-27-29-31-33-35-39-43(47)45(49)41-37-38-42-46(45,50)44(48)40-36-34-32-30-28-26-24-22-20-18-16-14-12-10-8-6-4-2/h37-38,41-42,47-48H,3-36,39-40,49-50H2,1-2H3. The molecule has 0 heterocycles. The lowest BCUT2D eigenvalue weighted by atomic mass is 9.67. The maximum absolute atomic E-state index is 8.94. The average molecular weight is 697 g/mol. The van der Waals surface area contributed by atoms with E-state index < -0.39 is 11.1 Å². The van der Waals surface area contributed by atoms with Crippen molar-refractivity contribution in [1.82, 2.24) is 0 Å². The fourth-order valence-corrected chi connectivity index (χ4v) is 7.86. The summed E-state index contributed by atoms with van der Waals surface area (Å²) in [6.45, 7) is 4.58. The third-order valence-electron chi connectivity index (χ3n) is 11.6. The van der Waals surface area contributed by atoms with E-state index in [1.165, 1.54) is 193 Å². The van der Waals surface area contributed by atoms with Gasteiger partial charge in [-0.05, 0) is 25.7 Å². The van der Waals surface area contributed by atoms with Crippen LogP contribution in [0.15, 0.2) is 24.3 Å². The molecule has 0 amide bonds. The van der Waals surface area contributed by atoms with Crippen LogP contribution in [0.2, 0.25) is 0 Å². The van der Waals surface area contributed by atoms with Gasteiger partial charge in [-0.3, -0.25) is 0 Å². The molecule has 0 spiro atoms. The van der Waals surface area contributed by atoms with Crippen molar-refractivity contribution in [2.75, 3.05) is 0 Å². The maximum Gasteiger partial charge on any atom is 0.0998 e. The van der Waals surface area contributed by atoms with Crippen molar-refractivity contribution in [3.63, 3.8) is 0 Å². The Bertz CT molecular complexity index is 792. The van der Waals surface area contributed by atoms with Crippen LogP contribution in [-0.2, 0) is 0 Å². The summed E-state index contributed by atoms with van der Waals surface area (Å²) in [6, 6.07) is 0. The van der Waals surface area contributed by atoms with Gasteiger partial charge in [-0.2, -0.15) is 0 Å². The first-order valence-corrected chi connectivity index (χ1v) is 22.5. The molecule has 0 radical (unpaired) electrons. The van der Waals surface area contributed by atoms with E-state index in [2.05, 4.69) is 13.8 Å². The van der Waals surface area contributed by atoms with Crippen LogP contribution >= 0.6 is 0 Å². The Hall–Kier alpha value is -1.26. The lowest BCUT2D eigenvalue weighted by Gasteiger charge is -2.44. The Labute approximate surface area is 313 Å². The predicted molar refractivity (Wildman–Crippen MR) is 225 cm³/mol. The Morgan fingerprint density at radius 3 is 0.720 bits per heavy atom. The second-order valence-corrected chi connectivity index (χ2v) is 16.2. The van der Waals surface area contributed by atoms with E-state index in [9.17, 15) is 0 Å². The molecule has 1 aliphatic rings. The van der Waals surface area contributed by atoms with Crippen LogP contribution in [0.5, 0.6) is 0 Å². The molecular formula is C46H88N4. The van der Waals surface area contributed by atoms with Gasteiger partial charge in [0.15, 0.2) is 0 Å². The molecule has 0 bridgehead atoms. The molecule has 0 aromatic carbocycles. The van der Waals surface area contributed by atoms with E-state index >= 15 is 0 Å². The summed E-state index contributed by atoms with van der Waals surface area (Å²) in [5.41, 5.74) is 12.6. The summed E-state index contributed by atoms with van der Waals surface area (Å²) in [5, 5.41) is 17.9. The zero-order chi connectivity index (χ0) is 36.4. The lowest BCUT2D eigenvalue weighted by molar-refractivity contribution is 0.495. The zero-order valence-corrected chi connectivity index (χ0v) is 33.9. The fourth-order valence-electron chi connectivity index (χ4n) is 7.86. The molecule has 0 aliphatic heterocycles. The van der Waals surface area contributed by atoms with Crippen molar-refractivity contribution >= 4 is 11.4 Å². The Morgan fingerprint density at radius 2 is 0.520 bits per heavy atom. The van der Waals surface area contributed by atoms with Gasteiger partial charge in [-0.15, -0.1) is 0 Å². The first-order valence-electron chi connectivity index (χ1n) is 22.5. The summed E-state index contributed by atoms with van der Waals surface area (Å²) in [5.74, 6) is 0. The molecule has 0 saturated heterocycles. The van der Waals surface area contributed by atoms with Crippen molar-refractivity contribution in [2.24, 2.45) is 11.5 Å². The molecule has 2 unspecified atom stereocenters. The smallest absolute Gasteiger partial charge is 0.0998 e. The molecule has 6 N–H and O–H groups in total. The molecular weight excluding hydrogens is 609 g/mol. The second-order valence-electron chi connectivity index (χ2n) is 16.2. The number of nitrogens with two attached hydrogens (primary N) is 2. The van der Waals surface area contributed by atoms with Crippen molar-refractivity contribution in [1.29, 1.82) is 10.8 Å². The van der Waals surface area contributed by atoms with E-state index in [1.807, 2.05) is 24.3 Å². The molecule has 1 rings (SSSR count). The van der Waals surface area contributed by atoms with E-state index in [0.29, 0.717) is 24.3 Å². The molecule has 50 heavy (non-hydrogen) atoms. The molecule has 0 saturated carbocycles. The number of allylic oxidation sites excluding steroid dienone is 2. The number of hydrogen-bond donors (Lipinski definition) is 4. The van der Waals surface area contributed by atoms with Crippen LogP contribution < -0.4 is 11.5 Å². The van der Waals surface area contributed by atoms with Crippen LogP contribution in [0.25, 0.3) is 0 Å². The number of rotatable bonds is 38. The second kappa shape index (κ2) is 32.4. The lowest BCUT2D eigenvalue weighted by Crippen LogP contribution is -2.72. The summed E-state index contributed by atoms with van der Waals surface area (Å²) in [7, 11) is 0. The molecule has 4 nitrogen and oxygen atoms in total. The highest BCUT2D eigenvalue weighted by Crippen LogP contribution is 2.31. The zero-order valence-electron chi connectivity index (χ0n) is 33.9. The molecule has 2 atom stereocenters. The van der Waals surface area contributed by atoms with Crippen molar-refractivity contribution in [3.05, 3.63) is 24.3 Å². The van der Waals surface area contributed by atoms with Crippen LogP contribution in [0, 0.1) is 10.8 Å². The minimum absolute atomic E-state index is 0.480. The Morgan fingerprint density at radius 1 is 0.340 bits per heavy atom. The molecule has 0 fully saturated rings. The SMILES string of the molecule is CCCCCCCCCCCCCCCCCCCC(=N)C1(N)C=CC=CC1(N)C(=N)CCCCCCCCCCCCCCCCCCC. The Kier molecular flexibility index (Phi) is 30.3. The van der Waals surface area contributed by atoms with E-state index in [-0.39, 0.29) is 0 Å². The van der Waals surface area contributed by atoms with Gasteiger partial charge in [0.2, 0.25) is 0 Å². The molecule has 0 aromatic heterocycles. The van der Waals surface area contributed by atoms with Gasteiger partial charge in [-0.25, -0.2) is 0 Å². The van der Waals surface area contributed by atoms with Crippen LogP contribution in [0.1, 0.15) is 245 Å². The van der Waals surface area contributed by atoms with Gasteiger partial charge in [0.25, 0.3) is 0 Å². The van der Waals surface area contributed by atoms with Gasteiger partial charge < -0.3 is 22.3 Å². The summed E-state index contributed by atoms with van der Waals surface area (Å²) in [4.78, 5) is 0. The highest BCUT2D eigenvalue weighted by atomic mass is 15.0. The van der Waals surface area contributed by atoms with Crippen LogP contribution in [0.3, 0.4) is 0 Å².